The Labute approximate surface area is 250 Å². The lowest BCUT2D eigenvalue weighted by Gasteiger charge is -2.22. The number of nitrogens with one attached hydrogen (secondary N) is 1. The molecule has 4 rings (SSSR count). The highest BCUT2D eigenvalue weighted by Crippen LogP contribution is 2.38. The van der Waals surface area contributed by atoms with Crippen molar-refractivity contribution < 1.29 is 13.7 Å². The van der Waals surface area contributed by atoms with Gasteiger partial charge in [0, 0.05) is 12.2 Å². The molecule has 0 fully saturated rings. The molecule has 0 heterocycles. The molecule has 4 aromatic carbocycles. The molecule has 2 amide bonds. The van der Waals surface area contributed by atoms with Gasteiger partial charge in [0.25, 0.3) is 0 Å². The first-order valence-electron chi connectivity index (χ1n) is 14.0. The summed E-state index contributed by atoms with van der Waals surface area (Å²) in [7, 11) is 0.515. The van der Waals surface area contributed by atoms with E-state index in [1.807, 2.05) is 85.7 Å². The van der Waals surface area contributed by atoms with Crippen LogP contribution in [0.25, 0.3) is 11.1 Å². The minimum Gasteiger partial charge on any atom is -0.457 e. The summed E-state index contributed by atoms with van der Waals surface area (Å²) in [6, 6.07) is 28.1. The average Bonchev–Trinajstić information content (AvgIpc) is 2.93. The van der Waals surface area contributed by atoms with E-state index in [1.54, 1.807) is 12.1 Å². The van der Waals surface area contributed by atoms with E-state index in [0.717, 1.165) is 45.9 Å². The van der Waals surface area contributed by atoms with Crippen molar-refractivity contribution >= 4 is 21.6 Å². The molecule has 0 saturated carbocycles. The molecule has 7 nitrogen and oxygen atoms in total. The Kier molecular flexibility index (Phi) is 9.83. The Morgan fingerprint density at radius 3 is 1.90 bits per heavy atom. The molecular formula is C34H40N4O3S. The van der Waals surface area contributed by atoms with Crippen LogP contribution in [0.5, 0.6) is 11.5 Å². The number of urea groups is 1. The van der Waals surface area contributed by atoms with E-state index in [-0.39, 0.29) is 11.8 Å². The van der Waals surface area contributed by atoms with Crippen LogP contribution in [0.2, 0.25) is 0 Å². The molecule has 0 aliphatic heterocycles. The van der Waals surface area contributed by atoms with Gasteiger partial charge in [-0.3, -0.25) is 0 Å². The van der Waals surface area contributed by atoms with E-state index in [4.69, 9.17) is 9.88 Å². The average molecular weight is 585 g/mol. The fraction of sp³-hybridized carbons (Fsp3) is 0.265. The second kappa shape index (κ2) is 13.3. The van der Waals surface area contributed by atoms with Gasteiger partial charge in [0.2, 0.25) is 0 Å². The molecular weight excluding hydrogens is 544 g/mol. The van der Waals surface area contributed by atoms with Crippen LogP contribution >= 0.6 is 0 Å². The molecule has 0 aliphatic carbocycles. The molecule has 0 aliphatic rings. The lowest BCUT2D eigenvalue weighted by atomic mass is 9.88. The van der Waals surface area contributed by atoms with Crippen molar-refractivity contribution in [2.24, 2.45) is 9.50 Å². The van der Waals surface area contributed by atoms with Gasteiger partial charge in [-0.2, -0.15) is 0 Å². The van der Waals surface area contributed by atoms with Gasteiger partial charge in [0.05, 0.1) is 4.90 Å². The summed E-state index contributed by atoms with van der Waals surface area (Å²) in [6.45, 7) is 9.05. The van der Waals surface area contributed by atoms with Crippen molar-refractivity contribution in [1.82, 2.24) is 4.90 Å². The third kappa shape index (κ3) is 7.85. The van der Waals surface area contributed by atoms with Crippen LogP contribution in [-0.2, 0) is 16.5 Å². The van der Waals surface area contributed by atoms with Crippen molar-refractivity contribution in [1.29, 1.82) is 0 Å². The number of hydrogen-bond donors (Lipinski definition) is 2. The number of nitrogens with zero attached hydrogens (tertiary/aromatic N) is 2. The number of para-hydroxylation sites is 1. The molecule has 0 spiro atoms. The quantitative estimate of drug-likeness (QED) is 0.206. The van der Waals surface area contributed by atoms with Crippen molar-refractivity contribution in [2.45, 2.75) is 51.0 Å². The fourth-order valence-electron chi connectivity index (χ4n) is 4.71. The summed E-state index contributed by atoms with van der Waals surface area (Å²) in [5, 5.41) is 9.01. The molecule has 3 N–H and O–H groups in total. The van der Waals surface area contributed by atoms with Crippen LogP contribution in [0, 0.1) is 0 Å². The Morgan fingerprint density at radius 1 is 0.833 bits per heavy atom. The zero-order chi connectivity index (χ0) is 30.4. The first-order chi connectivity index (χ1) is 19.9. The molecule has 1 unspecified atom stereocenters. The van der Waals surface area contributed by atoms with Crippen molar-refractivity contribution in [2.75, 3.05) is 19.4 Å². The molecule has 220 valence electrons. The SMILES string of the molecule is CC(C)c1cc(-c2ccc(Oc3ccccc3)cc2)cc(C(C)C)c1NC(=O)N=S(N)(=O)c1ccc(CN(C)C)cc1. The van der Waals surface area contributed by atoms with Crippen LogP contribution < -0.4 is 15.2 Å². The third-order valence-corrected chi connectivity index (χ3v) is 8.20. The molecule has 4 aromatic rings. The molecule has 0 saturated heterocycles. The van der Waals surface area contributed by atoms with Crippen LogP contribution in [0.3, 0.4) is 0 Å². The monoisotopic (exact) mass is 584 g/mol. The number of anilines is 1. The summed E-state index contributed by atoms with van der Waals surface area (Å²) < 4.78 is 23.1. The molecule has 0 radical (unpaired) electrons. The van der Waals surface area contributed by atoms with Gasteiger partial charge in [-0.05, 0) is 102 Å². The Balaban J connectivity index is 1.63. The van der Waals surface area contributed by atoms with E-state index in [0.29, 0.717) is 10.6 Å². The lowest BCUT2D eigenvalue weighted by molar-refractivity contribution is 0.260. The maximum Gasteiger partial charge on any atom is 0.354 e. The topological polar surface area (TPSA) is 97.0 Å². The number of benzene rings is 4. The van der Waals surface area contributed by atoms with Crippen LogP contribution in [-0.4, -0.2) is 29.2 Å². The maximum atomic E-state index is 13.3. The molecule has 8 heteroatoms. The summed E-state index contributed by atoms with van der Waals surface area (Å²) in [5.74, 6) is 1.74. The number of hydrogen-bond acceptors (Lipinski definition) is 4. The summed E-state index contributed by atoms with van der Waals surface area (Å²) in [6.07, 6.45) is 0. The van der Waals surface area contributed by atoms with E-state index < -0.39 is 15.9 Å². The summed E-state index contributed by atoms with van der Waals surface area (Å²) in [4.78, 5) is 15.5. The van der Waals surface area contributed by atoms with E-state index in [9.17, 15) is 9.00 Å². The molecule has 0 aromatic heterocycles. The van der Waals surface area contributed by atoms with Crippen molar-refractivity contribution in [3.05, 3.63) is 108 Å². The molecule has 42 heavy (non-hydrogen) atoms. The molecule has 0 bridgehead atoms. The summed E-state index contributed by atoms with van der Waals surface area (Å²) in [5.41, 5.74) is 5.71. The van der Waals surface area contributed by atoms with Gasteiger partial charge in [-0.15, -0.1) is 4.36 Å². The normalized spacial score (nSPS) is 12.8. The van der Waals surface area contributed by atoms with E-state index >= 15 is 0 Å². The Hall–Kier alpha value is -3.98. The largest absolute Gasteiger partial charge is 0.457 e. The number of carbonyl (C=O) groups is 1. The van der Waals surface area contributed by atoms with Gasteiger partial charge >= 0.3 is 6.03 Å². The maximum absolute atomic E-state index is 13.3. The second-order valence-electron chi connectivity index (χ2n) is 11.3. The number of ether oxygens (including phenoxy) is 1. The predicted octanol–water partition coefficient (Wildman–Crippen LogP) is 8.39. The van der Waals surface area contributed by atoms with E-state index in [2.05, 4.69) is 49.5 Å². The zero-order valence-electron chi connectivity index (χ0n) is 25.1. The van der Waals surface area contributed by atoms with Gasteiger partial charge in [-0.25, -0.2) is 14.1 Å². The smallest absolute Gasteiger partial charge is 0.354 e. The highest BCUT2D eigenvalue weighted by molar-refractivity contribution is 7.91. The van der Waals surface area contributed by atoms with E-state index in [1.165, 1.54) is 0 Å². The predicted molar refractivity (Wildman–Crippen MR) is 172 cm³/mol. The minimum atomic E-state index is -3.43. The summed E-state index contributed by atoms with van der Waals surface area (Å²) >= 11 is 0. The van der Waals surface area contributed by atoms with Gasteiger partial charge < -0.3 is 15.0 Å². The van der Waals surface area contributed by atoms with Crippen molar-refractivity contribution in [3.8, 4) is 22.6 Å². The highest BCUT2D eigenvalue weighted by atomic mass is 32.2. The standard InChI is InChI=1S/C34H40N4O3S/c1-23(2)31-20-27(26-14-16-29(17-15-26)41-28-10-8-7-9-11-28)21-32(24(3)4)33(31)36-34(39)37-42(35,40)30-18-12-25(13-19-30)22-38(5)6/h7-21,23-24H,22H2,1-6H3,(H3,35,36,37,39,40). The number of nitrogens with two attached hydrogens (primary N) is 1. The third-order valence-electron chi connectivity index (χ3n) is 6.82. The molecule has 1 atom stereocenters. The van der Waals surface area contributed by atoms with Gasteiger partial charge in [0.1, 0.15) is 21.4 Å². The number of rotatable bonds is 9. The van der Waals surface area contributed by atoms with Crippen LogP contribution in [0.4, 0.5) is 10.5 Å². The van der Waals surface area contributed by atoms with Crippen LogP contribution in [0.1, 0.15) is 56.2 Å². The fourth-order valence-corrected chi connectivity index (χ4v) is 5.63. The lowest BCUT2D eigenvalue weighted by Crippen LogP contribution is -2.19. The second-order valence-corrected chi connectivity index (χ2v) is 13.0. The highest BCUT2D eigenvalue weighted by Gasteiger charge is 2.20. The van der Waals surface area contributed by atoms with Gasteiger partial charge in [-0.1, -0.05) is 70.2 Å². The Morgan fingerprint density at radius 2 is 1.38 bits per heavy atom. The van der Waals surface area contributed by atoms with Crippen molar-refractivity contribution in [3.63, 3.8) is 0 Å². The van der Waals surface area contributed by atoms with Gasteiger partial charge in [0.15, 0.2) is 0 Å². The zero-order valence-corrected chi connectivity index (χ0v) is 25.9. The first kappa shape index (κ1) is 31.0. The Bertz CT molecular complexity index is 1610. The number of carbonyl (C=O) groups excluding carboxylic acids is 1. The van der Waals surface area contributed by atoms with Crippen LogP contribution in [0.15, 0.2) is 100 Å². The first-order valence-corrected chi connectivity index (χ1v) is 15.6. The minimum absolute atomic E-state index is 0.102. The number of amides is 2.